The average molecular weight is 308 g/mol. The first-order chi connectivity index (χ1) is 9.26. The Kier molecular flexibility index (Phi) is 9.42. The molecule has 128 valence electrons. The summed E-state index contributed by atoms with van der Waals surface area (Å²) in [4.78, 5) is 31.6. The average Bonchev–Trinajstić information content (AvgIpc) is 2.22. The summed E-state index contributed by atoms with van der Waals surface area (Å²) < 4.78 is 9.83. The molecule has 0 saturated heterocycles. The summed E-state index contributed by atoms with van der Waals surface area (Å²) in [5.74, 6) is -0.635. The van der Waals surface area contributed by atoms with Crippen molar-refractivity contribution in [3.05, 3.63) is 0 Å². The number of urea groups is 1. The van der Waals surface area contributed by atoms with Gasteiger partial charge in [0.15, 0.2) is 0 Å². The Morgan fingerprint density at radius 2 is 1.33 bits per heavy atom. The van der Waals surface area contributed by atoms with Gasteiger partial charge in [-0.1, -0.05) is 6.92 Å². The highest BCUT2D eigenvalue weighted by Crippen LogP contribution is 2.07. The number of hydrogen-bond acceptors (Lipinski definition) is 5. The standard InChI is InChI=1S/C7H14N2O3.C7H14O2.2H2/c1-7(2,3)12-5(10)4-9-6(8)11;1-5-6(8)9-7(2,3)4;;/h4H2,1-3H3,(H3,8,9,11);5H2,1-4H3;2*1H. The van der Waals surface area contributed by atoms with E-state index < -0.39 is 17.6 Å². The smallest absolute Gasteiger partial charge is 0.325 e. The molecule has 0 aromatic carbocycles. The Labute approximate surface area is 129 Å². The van der Waals surface area contributed by atoms with Gasteiger partial charge in [0.1, 0.15) is 17.7 Å². The lowest BCUT2D eigenvalue weighted by Crippen LogP contribution is -2.37. The number of primary amides is 1. The van der Waals surface area contributed by atoms with Gasteiger partial charge in [-0.15, -0.1) is 0 Å². The number of hydrogen-bond donors (Lipinski definition) is 2. The number of carbonyl (C=O) groups excluding carboxylic acids is 3. The molecule has 0 fully saturated rings. The third-order valence-electron chi connectivity index (χ3n) is 1.54. The summed E-state index contributed by atoms with van der Waals surface area (Å²) in [5.41, 5.74) is 3.89. The van der Waals surface area contributed by atoms with Crippen molar-refractivity contribution < 1.29 is 26.7 Å². The van der Waals surface area contributed by atoms with Gasteiger partial charge in [0, 0.05) is 9.27 Å². The van der Waals surface area contributed by atoms with E-state index in [1.807, 2.05) is 20.8 Å². The van der Waals surface area contributed by atoms with Crippen LogP contribution in [0.5, 0.6) is 0 Å². The van der Waals surface area contributed by atoms with Crippen LogP contribution in [-0.2, 0) is 19.1 Å². The van der Waals surface area contributed by atoms with Gasteiger partial charge in [-0.05, 0) is 41.5 Å². The van der Waals surface area contributed by atoms with Gasteiger partial charge in [-0.25, -0.2) is 4.79 Å². The van der Waals surface area contributed by atoms with Crippen LogP contribution in [-0.4, -0.2) is 35.7 Å². The molecular formula is C14H32N2O5. The van der Waals surface area contributed by atoms with Crippen LogP contribution in [0.15, 0.2) is 0 Å². The van der Waals surface area contributed by atoms with Crippen LogP contribution < -0.4 is 11.1 Å². The quantitative estimate of drug-likeness (QED) is 0.777. The fourth-order valence-corrected chi connectivity index (χ4v) is 0.951. The van der Waals surface area contributed by atoms with E-state index in [0.29, 0.717) is 6.42 Å². The Morgan fingerprint density at radius 3 is 1.57 bits per heavy atom. The Balaban J connectivity index is -0.000000149. The second kappa shape index (κ2) is 9.20. The van der Waals surface area contributed by atoms with Crippen LogP contribution in [0.25, 0.3) is 0 Å². The highest BCUT2D eigenvalue weighted by Gasteiger charge is 2.16. The highest BCUT2D eigenvalue weighted by atomic mass is 16.6. The minimum atomic E-state index is -0.735. The van der Waals surface area contributed by atoms with E-state index in [9.17, 15) is 14.4 Å². The summed E-state index contributed by atoms with van der Waals surface area (Å²) in [6.45, 7) is 12.4. The fraction of sp³-hybridized carbons (Fsp3) is 0.786. The zero-order chi connectivity index (χ0) is 17.3. The molecule has 0 saturated carbocycles. The van der Waals surface area contributed by atoms with Crippen molar-refractivity contribution in [2.45, 2.75) is 66.1 Å². The molecule has 0 spiro atoms. The highest BCUT2D eigenvalue weighted by molar-refractivity contribution is 5.79. The lowest BCUT2D eigenvalue weighted by atomic mass is 10.2. The van der Waals surface area contributed by atoms with E-state index in [4.69, 9.17) is 15.2 Å². The van der Waals surface area contributed by atoms with Crippen LogP contribution in [0.2, 0.25) is 0 Å². The van der Waals surface area contributed by atoms with Gasteiger partial charge in [-0.3, -0.25) is 9.59 Å². The number of carbonyl (C=O) groups is 3. The molecular weight excluding hydrogens is 276 g/mol. The number of ether oxygens (including phenoxy) is 2. The van der Waals surface area contributed by atoms with E-state index in [0.717, 1.165) is 0 Å². The van der Waals surface area contributed by atoms with Gasteiger partial charge in [-0.2, -0.15) is 0 Å². The number of amides is 2. The number of nitrogens with two attached hydrogens (primary N) is 1. The van der Waals surface area contributed by atoms with Crippen LogP contribution >= 0.6 is 0 Å². The molecule has 0 atom stereocenters. The van der Waals surface area contributed by atoms with E-state index in [1.165, 1.54) is 0 Å². The maximum atomic E-state index is 10.9. The largest absolute Gasteiger partial charge is 0.460 e. The molecule has 7 nitrogen and oxygen atoms in total. The van der Waals surface area contributed by atoms with Gasteiger partial charge in [0.05, 0.1) is 0 Å². The molecule has 3 N–H and O–H groups in total. The third kappa shape index (κ3) is 20.7. The van der Waals surface area contributed by atoms with E-state index >= 15 is 0 Å². The second-order valence-corrected chi connectivity index (χ2v) is 6.24. The normalized spacial score (nSPS) is 10.8. The van der Waals surface area contributed by atoms with Gasteiger partial charge in [0.25, 0.3) is 0 Å². The van der Waals surface area contributed by atoms with Gasteiger partial charge < -0.3 is 20.5 Å². The zero-order valence-corrected chi connectivity index (χ0v) is 14.0. The van der Waals surface area contributed by atoms with Crippen molar-refractivity contribution in [3.63, 3.8) is 0 Å². The molecule has 0 aromatic rings. The topological polar surface area (TPSA) is 108 Å². The number of esters is 2. The minimum absolute atomic E-state index is 0. The predicted molar refractivity (Wildman–Crippen MR) is 83.8 cm³/mol. The Hall–Kier alpha value is -1.79. The van der Waals surface area contributed by atoms with E-state index in [2.05, 4.69) is 5.32 Å². The molecule has 0 heterocycles. The van der Waals surface area contributed by atoms with Crippen LogP contribution in [0, 0.1) is 0 Å². The molecule has 0 aromatic heterocycles. The van der Waals surface area contributed by atoms with Gasteiger partial charge >= 0.3 is 18.0 Å². The molecule has 0 bridgehead atoms. The van der Waals surface area contributed by atoms with Crippen molar-refractivity contribution in [3.8, 4) is 0 Å². The summed E-state index contributed by atoms with van der Waals surface area (Å²) in [7, 11) is 0. The number of nitrogens with one attached hydrogen (secondary N) is 1. The maximum absolute atomic E-state index is 10.9. The molecule has 2 amide bonds. The first kappa shape index (κ1) is 21.5. The van der Waals surface area contributed by atoms with Crippen LogP contribution in [0.1, 0.15) is 57.7 Å². The van der Waals surface area contributed by atoms with Crippen molar-refractivity contribution in [1.29, 1.82) is 0 Å². The lowest BCUT2D eigenvalue weighted by molar-refractivity contribution is -0.155. The summed E-state index contributed by atoms with van der Waals surface area (Å²) in [6.07, 6.45) is 0.456. The van der Waals surface area contributed by atoms with Gasteiger partial charge in [0.2, 0.25) is 0 Å². The molecule has 0 aliphatic rings. The fourth-order valence-electron chi connectivity index (χ4n) is 0.951. The van der Waals surface area contributed by atoms with Crippen molar-refractivity contribution >= 4 is 18.0 Å². The van der Waals surface area contributed by atoms with E-state index in [1.54, 1.807) is 27.7 Å². The van der Waals surface area contributed by atoms with Crippen molar-refractivity contribution in [2.24, 2.45) is 5.73 Å². The zero-order valence-electron chi connectivity index (χ0n) is 14.0. The molecule has 21 heavy (non-hydrogen) atoms. The first-order valence-corrected chi connectivity index (χ1v) is 6.74. The second-order valence-electron chi connectivity index (χ2n) is 6.24. The SMILES string of the molecule is CC(C)(C)OC(=O)CNC(N)=O.CCC(=O)OC(C)(C)C.[HH].[HH]. The third-order valence-corrected chi connectivity index (χ3v) is 1.54. The molecule has 0 aliphatic carbocycles. The number of rotatable bonds is 3. The van der Waals surface area contributed by atoms with Crippen molar-refractivity contribution in [2.75, 3.05) is 6.54 Å². The molecule has 0 radical (unpaired) electrons. The molecule has 7 heteroatoms. The van der Waals surface area contributed by atoms with Crippen LogP contribution in [0.3, 0.4) is 0 Å². The molecule has 0 unspecified atom stereocenters. The summed E-state index contributed by atoms with van der Waals surface area (Å²) in [6, 6.07) is -0.735. The summed E-state index contributed by atoms with van der Waals surface area (Å²) >= 11 is 0. The lowest BCUT2D eigenvalue weighted by Gasteiger charge is -2.19. The Morgan fingerprint density at radius 1 is 0.952 bits per heavy atom. The van der Waals surface area contributed by atoms with Crippen molar-refractivity contribution in [1.82, 2.24) is 5.32 Å². The minimum Gasteiger partial charge on any atom is -0.460 e. The van der Waals surface area contributed by atoms with Crippen LogP contribution in [0.4, 0.5) is 4.79 Å². The van der Waals surface area contributed by atoms with E-state index in [-0.39, 0.29) is 21.0 Å². The maximum Gasteiger partial charge on any atom is 0.325 e. The monoisotopic (exact) mass is 308 g/mol. The molecule has 0 aliphatic heterocycles. The Bertz CT molecular complexity index is 363. The predicted octanol–water partition coefficient (Wildman–Crippen LogP) is 2.23. The summed E-state index contributed by atoms with van der Waals surface area (Å²) in [5, 5.41) is 2.13. The molecule has 0 rings (SSSR count). The first-order valence-electron chi connectivity index (χ1n) is 6.74.